The van der Waals surface area contributed by atoms with E-state index >= 15 is 0 Å². The topological polar surface area (TPSA) is 85.6 Å². The van der Waals surface area contributed by atoms with Crippen molar-refractivity contribution in [2.75, 3.05) is 47.0 Å². The average Bonchev–Trinajstić information content (AvgIpc) is 3.00. The lowest BCUT2D eigenvalue weighted by Crippen LogP contribution is -2.46. The van der Waals surface area contributed by atoms with Crippen LogP contribution in [0.2, 0.25) is 0 Å². The van der Waals surface area contributed by atoms with Gasteiger partial charge in [0.15, 0.2) is 5.82 Å². The second kappa shape index (κ2) is 8.32. The molecule has 2 rings (SSSR count). The molecule has 0 saturated carbocycles. The molecule has 0 bridgehead atoms. The second-order valence-electron chi connectivity index (χ2n) is 5.95. The average molecular weight is 326 g/mol. The number of hydrogen-bond acceptors (Lipinski definition) is 7. The third-order valence-corrected chi connectivity index (χ3v) is 4.03. The van der Waals surface area contributed by atoms with Crippen LogP contribution in [0.3, 0.4) is 0 Å². The molecular formula is C14H26N6O3. The number of aromatic nitrogens is 4. The molecule has 0 spiro atoms. The molecule has 9 heteroatoms. The fourth-order valence-electron chi connectivity index (χ4n) is 2.37. The van der Waals surface area contributed by atoms with Crippen molar-refractivity contribution in [2.45, 2.75) is 32.5 Å². The number of nitrogens with zero attached hydrogens (tertiary/aromatic N) is 6. The van der Waals surface area contributed by atoms with Crippen LogP contribution >= 0.6 is 0 Å². The summed E-state index contributed by atoms with van der Waals surface area (Å²) in [7, 11) is 3.47. The van der Waals surface area contributed by atoms with Crippen LogP contribution in [0.5, 0.6) is 0 Å². The van der Waals surface area contributed by atoms with E-state index in [0.717, 1.165) is 6.54 Å². The predicted molar refractivity (Wildman–Crippen MR) is 82.7 cm³/mol. The van der Waals surface area contributed by atoms with Gasteiger partial charge in [-0.25, -0.2) is 4.68 Å². The Labute approximate surface area is 136 Å². The van der Waals surface area contributed by atoms with E-state index in [-0.39, 0.29) is 18.1 Å². The first kappa shape index (κ1) is 17.8. The number of methoxy groups -OCH3 is 1. The highest BCUT2D eigenvalue weighted by atomic mass is 16.5. The number of hydrogen-bond donors (Lipinski definition) is 0. The highest BCUT2D eigenvalue weighted by Gasteiger charge is 2.28. The number of carbonyl (C=O) groups excluding carboxylic acids is 1. The van der Waals surface area contributed by atoms with Crippen molar-refractivity contribution in [1.29, 1.82) is 0 Å². The normalized spacial score (nSPS) is 19.3. The zero-order chi connectivity index (χ0) is 16.8. The Morgan fingerprint density at radius 2 is 2.30 bits per heavy atom. The number of amides is 1. The first-order chi connectivity index (χ1) is 11.0. The van der Waals surface area contributed by atoms with Crippen molar-refractivity contribution in [3.8, 4) is 0 Å². The third kappa shape index (κ3) is 4.69. The van der Waals surface area contributed by atoms with Gasteiger partial charge in [-0.2, -0.15) is 0 Å². The number of morpholine rings is 1. The van der Waals surface area contributed by atoms with Crippen molar-refractivity contribution in [3.05, 3.63) is 5.82 Å². The summed E-state index contributed by atoms with van der Waals surface area (Å²) in [6.07, 6.45) is -0.229. The van der Waals surface area contributed by atoms with E-state index in [4.69, 9.17) is 9.47 Å². The van der Waals surface area contributed by atoms with E-state index in [9.17, 15) is 4.79 Å². The highest BCUT2D eigenvalue weighted by molar-refractivity contribution is 5.78. The maximum absolute atomic E-state index is 12.2. The molecule has 1 aliphatic rings. The fraction of sp³-hybridized carbons (Fsp3) is 0.857. The van der Waals surface area contributed by atoms with Crippen LogP contribution in [0.4, 0.5) is 0 Å². The van der Waals surface area contributed by atoms with E-state index < -0.39 is 0 Å². The van der Waals surface area contributed by atoms with Gasteiger partial charge in [0.25, 0.3) is 0 Å². The molecule has 1 atom stereocenters. The molecule has 1 fully saturated rings. The molecule has 0 radical (unpaired) electrons. The number of carbonyl (C=O) groups is 1. The smallest absolute Gasteiger partial charge is 0.236 e. The molecule has 0 N–H and O–H groups in total. The summed E-state index contributed by atoms with van der Waals surface area (Å²) in [5.41, 5.74) is 0. The first-order valence-electron chi connectivity index (χ1n) is 7.87. The molecule has 0 aliphatic carbocycles. The van der Waals surface area contributed by atoms with Crippen LogP contribution in [-0.2, 0) is 20.8 Å². The van der Waals surface area contributed by atoms with Crippen molar-refractivity contribution in [2.24, 2.45) is 0 Å². The minimum Gasteiger partial charge on any atom is -0.383 e. The van der Waals surface area contributed by atoms with Gasteiger partial charge in [0, 0.05) is 33.3 Å². The third-order valence-electron chi connectivity index (χ3n) is 4.03. The summed E-state index contributed by atoms with van der Waals surface area (Å²) in [6, 6.07) is 0.195. The molecule has 2 heterocycles. The molecule has 9 nitrogen and oxygen atoms in total. The van der Waals surface area contributed by atoms with Crippen LogP contribution in [0.25, 0.3) is 0 Å². The number of ether oxygens (including phenoxy) is 2. The lowest BCUT2D eigenvalue weighted by Gasteiger charge is -2.33. The molecule has 1 saturated heterocycles. The van der Waals surface area contributed by atoms with Crippen LogP contribution in [0.15, 0.2) is 0 Å². The number of rotatable bonds is 7. The Morgan fingerprint density at radius 3 is 3.00 bits per heavy atom. The maximum Gasteiger partial charge on any atom is 0.236 e. The Bertz CT molecular complexity index is 506. The minimum absolute atomic E-state index is 0.111. The second-order valence-corrected chi connectivity index (χ2v) is 5.95. The van der Waals surface area contributed by atoms with Crippen molar-refractivity contribution >= 4 is 5.91 Å². The van der Waals surface area contributed by atoms with Crippen LogP contribution in [0, 0.1) is 0 Å². The Balaban J connectivity index is 1.96. The standard InChI is InChI=1S/C14H26N6O3/c1-11(2)18(3)13(21)10-19-5-8-23-12(9-19)14-15-16-17-20(14)6-7-22-4/h11-12H,5-10H2,1-4H3/t12-/m0/s1. The van der Waals surface area contributed by atoms with Gasteiger partial charge in [-0.05, 0) is 24.3 Å². The van der Waals surface area contributed by atoms with E-state index in [1.165, 1.54) is 0 Å². The van der Waals surface area contributed by atoms with Gasteiger partial charge in [0.2, 0.25) is 5.91 Å². The molecule has 1 aliphatic heterocycles. The van der Waals surface area contributed by atoms with Gasteiger partial charge >= 0.3 is 0 Å². The minimum atomic E-state index is -0.229. The summed E-state index contributed by atoms with van der Waals surface area (Å²) < 4.78 is 12.5. The van der Waals surface area contributed by atoms with Crippen LogP contribution < -0.4 is 0 Å². The molecular weight excluding hydrogens is 300 g/mol. The van der Waals surface area contributed by atoms with Crippen LogP contribution in [-0.4, -0.2) is 89.0 Å². The monoisotopic (exact) mass is 326 g/mol. The van der Waals surface area contributed by atoms with Gasteiger partial charge in [0.1, 0.15) is 6.10 Å². The molecule has 1 aromatic rings. The van der Waals surface area contributed by atoms with Gasteiger partial charge in [0.05, 0.1) is 26.3 Å². The summed E-state index contributed by atoms with van der Waals surface area (Å²) in [5, 5.41) is 11.8. The number of tetrazole rings is 1. The van der Waals surface area contributed by atoms with Crippen molar-refractivity contribution in [3.63, 3.8) is 0 Å². The Morgan fingerprint density at radius 1 is 1.52 bits per heavy atom. The fourth-order valence-corrected chi connectivity index (χ4v) is 2.37. The predicted octanol–water partition coefficient (Wildman–Crippen LogP) is -0.440. The molecule has 23 heavy (non-hydrogen) atoms. The molecule has 130 valence electrons. The maximum atomic E-state index is 12.2. The molecule has 0 aromatic carbocycles. The molecule has 1 aromatic heterocycles. The largest absolute Gasteiger partial charge is 0.383 e. The summed E-state index contributed by atoms with van der Waals surface area (Å²) in [4.78, 5) is 16.1. The van der Waals surface area contributed by atoms with Crippen molar-refractivity contribution in [1.82, 2.24) is 30.0 Å². The van der Waals surface area contributed by atoms with E-state index in [0.29, 0.717) is 38.7 Å². The molecule has 0 unspecified atom stereocenters. The quantitative estimate of drug-likeness (QED) is 0.671. The summed E-state index contributed by atoms with van der Waals surface area (Å²) in [5.74, 6) is 0.788. The van der Waals surface area contributed by atoms with E-state index in [1.54, 1.807) is 16.7 Å². The van der Waals surface area contributed by atoms with Gasteiger partial charge in [-0.3, -0.25) is 9.69 Å². The van der Waals surface area contributed by atoms with Gasteiger partial charge in [-0.1, -0.05) is 0 Å². The lowest BCUT2D eigenvalue weighted by atomic mass is 10.2. The summed E-state index contributed by atoms with van der Waals surface area (Å²) >= 11 is 0. The van der Waals surface area contributed by atoms with E-state index in [2.05, 4.69) is 20.4 Å². The van der Waals surface area contributed by atoms with Crippen LogP contribution in [0.1, 0.15) is 25.8 Å². The molecule has 1 amide bonds. The Kier molecular flexibility index (Phi) is 6.43. The van der Waals surface area contributed by atoms with Crippen molar-refractivity contribution < 1.29 is 14.3 Å². The summed E-state index contributed by atoms with van der Waals surface area (Å²) in [6.45, 7) is 7.39. The van der Waals surface area contributed by atoms with Gasteiger partial charge < -0.3 is 14.4 Å². The zero-order valence-electron chi connectivity index (χ0n) is 14.3. The zero-order valence-corrected chi connectivity index (χ0v) is 14.3. The Hall–Kier alpha value is -1.58. The first-order valence-corrected chi connectivity index (χ1v) is 7.87. The SMILES string of the molecule is COCCn1nnnc1[C@@H]1CN(CC(=O)N(C)C(C)C)CCO1. The lowest BCUT2D eigenvalue weighted by molar-refractivity contribution is -0.134. The highest BCUT2D eigenvalue weighted by Crippen LogP contribution is 2.19. The number of likely N-dealkylation sites (N-methyl/N-ethyl adjacent to an activating group) is 1. The van der Waals surface area contributed by atoms with Gasteiger partial charge in [-0.15, -0.1) is 5.10 Å². The van der Waals surface area contributed by atoms with E-state index in [1.807, 2.05) is 20.9 Å².